The maximum absolute atomic E-state index is 14.3. The molecule has 2 N–H and O–H groups in total. The number of nitrogens with one attached hydrogen (secondary N) is 1. The number of carbonyl (C=O) groups excluding carboxylic acids is 2. The summed E-state index contributed by atoms with van der Waals surface area (Å²) >= 11 is 0. The van der Waals surface area contributed by atoms with E-state index in [9.17, 15) is 14.0 Å². The Labute approximate surface area is 191 Å². The molecule has 0 heterocycles. The molecule has 0 bridgehead atoms. The van der Waals surface area contributed by atoms with E-state index in [1.165, 1.54) is 12.1 Å². The molecule has 174 valence electrons. The first kappa shape index (κ1) is 24.1. The van der Waals surface area contributed by atoms with Crippen molar-refractivity contribution in [1.82, 2.24) is 5.32 Å². The smallest absolute Gasteiger partial charge is 0.254 e. The average molecular weight is 454 g/mol. The molecule has 2 aromatic rings. The van der Waals surface area contributed by atoms with Gasteiger partial charge < -0.3 is 20.0 Å². The first-order valence-corrected chi connectivity index (χ1v) is 10.7. The Kier molecular flexibility index (Phi) is 7.95. The number of benzene rings is 2. The zero-order valence-corrected chi connectivity index (χ0v) is 18.6. The SMILES string of the molecule is C=C(O/N=C(\C)c1ccc(C(=O)NCCO)c(F)c1)C(C)Oc1ccc(C(=O)C2CC2)cc1. The molecule has 1 saturated carbocycles. The average Bonchev–Trinajstić information content (AvgIpc) is 3.66. The monoisotopic (exact) mass is 454 g/mol. The van der Waals surface area contributed by atoms with Crippen LogP contribution in [0, 0.1) is 11.7 Å². The summed E-state index contributed by atoms with van der Waals surface area (Å²) in [5, 5.41) is 15.1. The van der Waals surface area contributed by atoms with Crippen molar-refractivity contribution in [2.75, 3.05) is 13.2 Å². The van der Waals surface area contributed by atoms with Crippen molar-refractivity contribution in [3.8, 4) is 5.75 Å². The molecule has 0 aromatic heterocycles. The van der Waals surface area contributed by atoms with Gasteiger partial charge in [0.25, 0.3) is 5.91 Å². The Morgan fingerprint density at radius 1 is 1.21 bits per heavy atom. The number of ketones is 1. The van der Waals surface area contributed by atoms with Gasteiger partial charge in [0.2, 0.25) is 0 Å². The Balaban J connectivity index is 1.56. The number of amides is 1. The fourth-order valence-corrected chi connectivity index (χ4v) is 2.99. The van der Waals surface area contributed by atoms with E-state index in [1.807, 2.05) is 0 Å². The fourth-order valence-electron chi connectivity index (χ4n) is 2.99. The van der Waals surface area contributed by atoms with Gasteiger partial charge in [-0.05, 0) is 63.1 Å². The molecule has 1 atom stereocenters. The molecule has 1 fully saturated rings. The number of rotatable bonds is 11. The van der Waals surface area contributed by atoms with Gasteiger partial charge in [0.05, 0.1) is 17.9 Å². The maximum Gasteiger partial charge on any atom is 0.254 e. The Bertz CT molecular complexity index is 1060. The second kappa shape index (κ2) is 10.9. The van der Waals surface area contributed by atoms with Crippen molar-refractivity contribution < 1.29 is 28.7 Å². The standard InChI is InChI=1S/C25H27FN2O5/c1-15(20-8-11-22(23(26)14-20)25(31)27-12-13-29)28-33-17(3)16(2)32-21-9-6-19(7-10-21)24(30)18-4-5-18/h6-11,14,16,18,29H,3-5,12-13H2,1-2H3,(H,27,31)/b28-15+. The van der Waals surface area contributed by atoms with Crippen molar-refractivity contribution in [1.29, 1.82) is 0 Å². The predicted octanol–water partition coefficient (Wildman–Crippen LogP) is 3.86. The molecular weight excluding hydrogens is 427 g/mol. The molecule has 0 saturated heterocycles. The number of nitrogens with zero attached hydrogens (tertiary/aromatic N) is 1. The lowest BCUT2D eigenvalue weighted by molar-refractivity contribution is 0.0938. The second-order valence-corrected chi connectivity index (χ2v) is 7.83. The molecule has 0 aliphatic heterocycles. The predicted molar refractivity (Wildman–Crippen MR) is 122 cm³/mol. The number of aliphatic hydroxyl groups is 1. The van der Waals surface area contributed by atoms with E-state index in [0.717, 1.165) is 12.8 Å². The number of oxime groups is 1. The zero-order chi connectivity index (χ0) is 24.0. The molecule has 3 rings (SSSR count). The van der Waals surface area contributed by atoms with Crippen molar-refractivity contribution in [3.63, 3.8) is 0 Å². The lowest BCUT2D eigenvalue weighted by atomic mass is 10.1. The van der Waals surface area contributed by atoms with Gasteiger partial charge in [0.1, 0.15) is 11.6 Å². The highest BCUT2D eigenvalue weighted by molar-refractivity contribution is 6.00. The number of carbonyl (C=O) groups is 2. The highest BCUT2D eigenvalue weighted by atomic mass is 19.1. The number of aliphatic hydroxyl groups excluding tert-OH is 1. The van der Waals surface area contributed by atoms with E-state index in [-0.39, 0.29) is 36.2 Å². The summed E-state index contributed by atoms with van der Waals surface area (Å²) in [5.74, 6) is -0.175. The van der Waals surface area contributed by atoms with E-state index in [1.54, 1.807) is 44.2 Å². The molecule has 8 heteroatoms. The first-order chi connectivity index (χ1) is 15.8. The van der Waals surface area contributed by atoms with Crippen molar-refractivity contribution in [2.24, 2.45) is 11.1 Å². The normalized spacial score (nSPS) is 14.4. The third-order valence-electron chi connectivity index (χ3n) is 5.18. The zero-order valence-electron chi connectivity index (χ0n) is 18.6. The van der Waals surface area contributed by atoms with Crippen molar-refractivity contribution >= 4 is 17.4 Å². The van der Waals surface area contributed by atoms with Crippen LogP contribution in [0.15, 0.2) is 60.0 Å². The first-order valence-electron chi connectivity index (χ1n) is 10.7. The quantitative estimate of drug-likeness (QED) is 0.233. The highest BCUT2D eigenvalue weighted by Gasteiger charge is 2.30. The highest BCUT2D eigenvalue weighted by Crippen LogP contribution is 2.33. The van der Waals surface area contributed by atoms with E-state index >= 15 is 0 Å². The fraction of sp³-hybridized carbons (Fsp3) is 0.320. The van der Waals surface area contributed by atoms with E-state index < -0.39 is 17.8 Å². The maximum atomic E-state index is 14.3. The Morgan fingerprint density at radius 3 is 2.48 bits per heavy atom. The molecule has 1 aliphatic rings. The van der Waals surface area contributed by atoms with Crippen LogP contribution in [0.4, 0.5) is 4.39 Å². The molecule has 1 unspecified atom stereocenters. The number of Topliss-reactive ketones (excluding diaryl/α,β-unsaturated/α-hetero) is 1. The third-order valence-corrected chi connectivity index (χ3v) is 5.18. The minimum atomic E-state index is -0.711. The van der Waals surface area contributed by atoms with Gasteiger partial charge in [-0.25, -0.2) is 4.39 Å². The lowest BCUT2D eigenvalue weighted by Crippen LogP contribution is -2.27. The van der Waals surface area contributed by atoms with Gasteiger partial charge in [-0.15, -0.1) is 0 Å². The summed E-state index contributed by atoms with van der Waals surface area (Å²) in [4.78, 5) is 29.3. The topological polar surface area (TPSA) is 97.2 Å². The van der Waals surface area contributed by atoms with Gasteiger partial charge in [-0.1, -0.05) is 17.8 Å². The third kappa shape index (κ3) is 6.49. The van der Waals surface area contributed by atoms with Crippen LogP contribution in [-0.4, -0.2) is 41.8 Å². The van der Waals surface area contributed by atoms with Crippen LogP contribution in [0.25, 0.3) is 0 Å². The second-order valence-electron chi connectivity index (χ2n) is 7.83. The molecule has 2 aromatic carbocycles. The molecule has 1 aliphatic carbocycles. The van der Waals surface area contributed by atoms with Gasteiger partial charge in [0.15, 0.2) is 17.6 Å². The number of halogens is 1. The molecular formula is C25H27FN2O5. The van der Waals surface area contributed by atoms with Gasteiger partial charge in [0, 0.05) is 23.6 Å². The van der Waals surface area contributed by atoms with Gasteiger partial charge in [-0.2, -0.15) is 0 Å². The minimum absolute atomic E-state index is 0.0411. The molecule has 0 spiro atoms. The Morgan fingerprint density at radius 2 is 1.88 bits per heavy atom. The molecule has 7 nitrogen and oxygen atoms in total. The molecule has 33 heavy (non-hydrogen) atoms. The van der Waals surface area contributed by atoms with Crippen molar-refractivity contribution in [2.45, 2.75) is 32.8 Å². The summed E-state index contributed by atoms with van der Waals surface area (Å²) in [7, 11) is 0. The van der Waals surface area contributed by atoms with Gasteiger partial charge in [-0.3, -0.25) is 9.59 Å². The number of hydrogen-bond acceptors (Lipinski definition) is 6. The lowest BCUT2D eigenvalue weighted by Gasteiger charge is -2.16. The van der Waals surface area contributed by atoms with Crippen LogP contribution >= 0.6 is 0 Å². The molecule has 0 radical (unpaired) electrons. The van der Waals surface area contributed by atoms with E-state index in [0.29, 0.717) is 22.6 Å². The summed E-state index contributed by atoms with van der Waals surface area (Å²) < 4.78 is 20.1. The minimum Gasteiger partial charge on any atom is -0.483 e. The van der Waals surface area contributed by atoms with Crippen LogP contribution in [0.2, 0.25) is 0 Å². The summed E-state index contributed by atoms with van der Waals surface area (Å²) in [6.45, 7) is 7.01. The summed E-state index contributed by atoms with van der Waals surface area (Å²) in [6, 6.07) is 11.0. The van der Waals surface area contributed by atoms with Crippen LogP contribution < -0.4 is 10.1 Å². The van der Waals surface area contributed by atoms with Crippen LogP contribution in [0.5, 0.6) is 5.75 Å². The summed E-state index contributed by atoms with van der Waals surface area (Å²) in [5.41, 5.74) is 1.37. The van der Waals surface area contributed by atoms with E-state index in [4.69, 9.17) is 14.7 Å². The largest absolute Gasteiger partial charge is 0.483 e. The van der Waals surface area contributed by atoms with Crippen LogP contribution in [0.3, 0.4) is 0 Å². The van der Waals surface area contributed by atoms with E-state index in [2.05, 4.69) is 17.1 Å². The summed E-state index contributed by atoms with van der Waals surface area (Å²) in [6.07, 6.45) is 1.39. The number of hydrogen-bond donors (Lipinski definition) is 2. The van der Waals surface area contributed by atoms with Crippen LogP contribution in [-0.2, 0) is 4.84 Å². The number of ether oxygens (including phenoxy) is 1. The van der Waals surface area contributed by atoms with Crippen molar-refractivity contribution in [3.05, 3.63) is 77.3 Å². The van der Waals surface area contributed by atoms with Gasteiger partial charge >= 0.3 is 0 Å². The molecule has 1 amide bonds. The Hall–Kier alpha value is -3.52. The van der Waals surface area contributed by atoms with Crippen LogP contribution in [0.1, 0.15) is 53.0 Å².